The molecule has 0 aromatic heterocycles. The standard InChI is InChI=1S/C18H22BrNO/c1-13-3-5-16(11-18(13)19)12-20-14(2)4-6-15-7-9-17(21)10-8-15/h3,5,7-11,14,20-21H,4,6,12H2,1-2H3. The van der Waals surface area contributed by atoms with Crippen molar-refractivity contribution in [2.75, 3.05) is 0 Å². The fourth-order valence-corrected chi connectivity index (χ4v) is 2.61. The molecule has 2 aromatic rings. The minimum absolute atomic E-state index is 0.329. The second kappa shape index (κ2) is 7.62. The molecule has 0 spiro atoms. The maximum Gasteiger partial charge on any atom is 0.115 e. The third-order valence-electron chi connectivity index (χ3n) is 3.69. The molecule has 1 atom stereocenters. The highest BCUT2D eigenvalue weighted by Crippen LogP contribution is 2.17. The lowest BCUT2D eigenvalue weighted by Crippen LogP contribution is -2.25. The minimum Gasteiger partial charge on any atom is -0.508 e. The molecule has 21 heavy (non-hydrogen) atoms. The zero-order valence-electron chi connectivity index (χ0n) is 12.6. The highest BCUT2D eigenvalue weighted by molar-refractivity contribution is 9.10. The van der Waals surface area contributed by atoms with Gasteiger partial charge in [-0.1, -0.05) is 40.2 Å². The Kier molecular flexibility index (Phi) is 5.83. The number of halogens is 1. The number of hydrogen-bond donors (Lipinski definition) is 2. The lowest BCUT2D eigenvalue weighted by Gasteiger charge is -2.14. The molecule has 1 unspecified atom stereocenters. The molecule has 0 radical (unpaired) electrons. The van der Waals surface area contributed by atoms with Crippen LogP contribution in [0.2, 0.25) is 0 Å². The van der Waals surface area contributed by atoms with Crippen LogP contribution in [0.25, 0.3) is 0 Å². The summed E-state index contributed by atoms with van der Waals surface area (Å²) in [7, 11) is 0. The van der Waals surface area contributed by atoms with E-state index in [9.17, 15) is 5.11 Å². The van der Waals surface area contributed by atoms with Crippen LogP contribution in [0.15, 0.2) is 46.9 Å². The summed E-state index contributed by atoms with van der Waals surface area (Å²) in [4.78, 5) is 0. The van der Waals surface area contributed by atoms with E-state index in [4.69, 9.17) is 0 Å². The van der Waals surface area contributed by atoms with Gasteiger partial charge in [0.15, 0.2) is 0 Å². The fraction of sp³-hybridized carbons (Fsp3) is 0.333. The third kappa shape index (κ3) is 5.18. The summed E-state index contributed by atoms with van der Waals surface area (Å²) in [6, 6.07) is 14.4. The van der Waals surface area contributed by atoms with Gasteiger partial charge in [0, 0.05) is 17.1 Å². The first-order chi connectivity index (χ1) is 10.0. The molecule has 0 bridgehead atoms. The van der Waals surface area contributed by atoms with E-state index >= 15 is 0 Å². The van der Waals surface area contributed by atoms with Crippen LogP contribution in [0.4, 0.5) is 0 Å². The Labute approximate surface area is 135 Å². The molecule has 0 amide bonds. The van der Waals surface area contributed by atoms with Gasteiger partial charge in [0.25, 0.3) is 0 Å². The predicted molar refractivity (Wildman–Crippen MR) is 91.6 cm³/mol. The van der Waals surface area contributed by atoms with E-state index in [1.54, 1.807) is 12.1 Å². The summed E-state index contributed by atoms with van der Waals surface area (Å²) in [6.07, 6.45) is 2.10. The summed E-state index contributed by atoms with van der Waals surface area (Å²) < 4.78 is 1.17. The van der Waals surface area contributed by atoms with E-state index in [0.29, 0.717) is 11.8 Å². The molecule has 2 N–H and O–H groups in total. The largest absolute Gasteiger partial charge is 0.508 e. The van der Waals surface area contributed by atoms with Crippen LogP contribution in [-0.4, -0.2) is 11.1 Å². The number of benzene rings is 2. The Morgan fingerprint density at radius 2 is 1.76 bits per heavy atom. The Bertz CT molecular complexity index is 580. The quantitative estimate of drug-likeness (QED) is 0.801. The van der Waals surface area contributed by atoms with Crippen LogP contribution in [0.1, 0.15) is 30.0 Å². The Balaban J connectivity index is 1.77. The van der Waals surface area contributed by atoms with Gasteiger partial charge in [0.2, 0.25) is 0 Å². The van der Waals surface area contributed by atoms with Gasteiger partial charge >= 0.3 is 0 Å². The van der Waals surface area contributed by atoms with Crippen molar-refractivity contribution in [2.45, 2.75) is 39.3 Å². The van der Waals surface area contributed by atoms with E-state index in [0.717, 1.165) is 19.4 Å². The van der Waals surface area contributed by atoms with E-state index in [-0.39, 0.29) is 0 Å². The van der Waals surface area contributed by atoms with Gasteiger partial charge in [-0.25, -0.2) is 0 Å². The molecule has 0 fully saturated rings. The van der Waals surface area contributed by atoms with Gasteiger partial charge < -0.3 is 10.4 Å². The van der Waals surface area contributed by atoms with Crippen LogP contribution >= 0.6 is 15.9 Å². The molecular formula is C18H22BrNO. The third-order valence-corrected chi connectivity index (χ3v) is 4.55. The average Bonchev–Trinajstić information content (AvgIpc) is 2.48. The summed E-state index contributed by atoms with van der Waals surface area (Å²) >= 11 is 3.57. The average molecular weight is 348 g/mol. The molecule has 2 aromatic carbocycles. The van der Waals surface area contributed by atoms with Crippen LogP contribution in [0.5, 0.6) is 5.75 Å². The molecule has 0 saturated carbocycles. The van der Waals surface area contributed by atoms with E-state index in [2.05, 4.69) is 53.3 Å². The number of hydrogen-bond acceptors (Lipinski definition) is 2. The van der Waals surface area contributed by atoms with Crippen molar-refractivity contribution in [3.8, 4) is 5.75 Å². The Morgan fingerprint density at radius 1 is 1.10 bits per heavy atom. The van der Waals surface area contributed by atoms with Gasteiger partial charge in [0.1, 0.15) is 5.75 Å². The van der Waals surface area contributed by atoms with Gasteiger partial charge in [-0.05, 0) is 61.6 Å². The van der Waals surface area contributed by atoms with Crippen molar-refractivity contribution in [1.82, 2.24) is 5.32 Å². The maximum absolute atomic E-state index is 9.27. The number of phenols is 1. The number of nitrogens with one attached hydrogen (secondary N) is 1. The highest BCUT2D eigenvalue weighted by Gasteiger charge is 2.04. The molecule has 3 heteroatoms. The van der Waals surface area contributed by atoms with Crippen LogP contribution in [0.3, 0.4) is 0 Å². The second-order valence-corrected chi connectivity index (χ2v) is 6.42. The SMILES string of the molecule is Cc1ccc(CNC(C)CCc2ccc(O)cc2)cc1Br. The summed E-state index contributed by atoms with van der Waals surface area (Å²) in [5.41, 5.74) is 3.82. The van der Waals surface area contributed by atoms with E-state index in [1.165, 1.54) is 21.2 Å². The van der Waals surface area contributed by atoms with Gasteiger partial charge in [0.05, 0.1) is 0 Å². The molecule has 2 rings (SSSR count). The smallest absolute Gasteiger partial charge is 0.115 e. The number of aryl methyl sites for hydroxylation is 2. The Morgan fingerprint density at radius 3 is 2.43 bits per heavy atom. The molecule has 0 aliphatic carbocycles. The molecule has 0 heterocycles. The lowest BCUT2D eigenvalue weighted by molar-refractivity contribution is 0.474. The van der Waals surface area contributed by atoms with Crippen molar-refractivity contribution < 1.29 is 5.11 Å². The summed E-state index contributed by atoms with van der Waals surface area (Å²) in [5.74, 6) is 0.329. The highest BCUT2D eigenvalue weighted by atomic mass is 79.9. The van der Waals surface area contributed by atoms with Gasteiger partial charge in [-0.2, -0.15) is 0 Å². The van der Waals surface area contributed by atoms with Gasteiger partial charge in [-0.3, -0.25) is 0 Å². The van der Waals surface area contributed by atoms with Crippen molar-refractivity contribution >= 4 is 15.9 Å². The zero-order valence-corrected chi connectivity index (χ0v) is 14.2. The first kappa shape index (κ1) is 16.1. The predicted octanol–water partition coefficient (Wildman–Crippen LogP) is 4.57. The van der Waals surface area contributed by atoms with Crippen molar-refractivity contribution in [2.24, 2.45) is 0 Å². The normalized spacial score (nSPS) is 12.3. The van der Waals surface area contributed by atoms with E-state index in [1.807, 2.05) is 12.1 Å². The molecule has 0 saturated heterocycles. The van der Waals surface area contributed by atoms with Crippen LogP contribution in [0, 0.1) is 6.92 Å². The van der Waals surface area contributed by atoms with Crippen molar-refractivity contribution in [1.29, 1.82) is 0 Å². The maximum atomic E-state index is 9.27. The van der Waals surface area contributed by atoms with Crippen molar-refractivity contribution in [3.05, 3.63) is 63.6 Å². The lowest BCUT2D eigenvalue weighted by atomic mass is 10.1. The Hall–Kier alpha value is -1.32. The topological polar surface area (TPSA) is 32.3 Å². The first-order valence-corrected chi connectivity index (χ1v) is 8.10. The van der Waals surface area contributed by atoms with Gasteiger partial charge in [-0.15, -0.1) is 0 Å². The molecular weight excluding hydrogens is 326 g/mol. The number of aromatic hydroxyl groups is 1. The second-order valence-electron chi connectivity index (χ2n) is 5.57. The minimum atomic E-state index is 0.329. The fourth-order valence-electron chi connectivity index (χ4n) is 2.19. The monoisotopic (exact) mass is 347 g/mol. The molecule has 2 nitrogen and oxygen atoms in total. The summed E-state index contributed by atoms with van der Waals surface area (Å²) in [6.45, 7) is 5.20. The van der Waals surface area contributed by atoms with E-state index < -0.39 is 0 Å². The molecule has 0 aliphatic heterocycles. The number of phenolic OH excluding ortho intramolecular Hbond substituents is 1. The first-order valence-electron chi connectivity index (χ1n) is 7.31. The van der Waals surface area contributed by atoms with Crippen molar-refractivity contribution in [3.63, 3.8) is 0 Å². The van der Waals surface area contributed by atoms with Crippen LogP contribution in [-0.2, 0) is 13.0 Å². The molecule has 0 aliphatic rings. The van der Waals surface area contributed by atoms with Crippen LogP contribution < -0.4 is 5.32 Å². The summed E-state index contributed by atoms with van der Waals surface area (Å²) in [5, 5.41) is 12.8. The number of rotatable bonds is 6. The molecule has 112 valence electrons. The zero-order chi connectivity index (χ0) is 15.2.